The summed E-state index contributed by atoms with van der Waals surface area (Å²) >= 11 is 0. The smallest absolute Gasteiger partial charge is 0.161 e. The lowest BCUT2D eigenvalue weighted by Gasteiger charge is -2.10. The normalized spacial score (nSPS) is 11.0. The summed E-state index contributed by atoms with van der Waals surface area (Å²) in [5, 5.41) is 4.13. The second kappa shape index (κ2) is 13.8. The zero-order valence-corrected chi connectivity index (χ0v) is 22.4. The van der Waals surface area contributed by atoms with Gasteiger partial charge in [-0.2, -0.15) is 0 Å². The van der Waals surface area contributed by atoms with Crippen molar-refractivity contribution in [3.63, 3.8) is 0 Å². The highest BCUT2D eigenvalue weighted by Gasteiger charge is 2.06. The van der Waals surface area contributed by atoms with Crippen LogP contribution in [-0.4, -0.2) is 32.6 Å². The van der Waals surface area contributed by atoms with Gasteiger partial charge in [0.05, 0.1) is 14.2 Å². The average molecular weight is 502 g/mol. The largest absolute Gasteiger partial charge is 0.493 e. The molecule has 0 unspecified atom stereocenters. The first-order valence-electron chi connectivity index (χ1n) is 12.1. The molecule has 0 fully saturated rings. The van der Waals surface area contributed by atoms with E-state index in [1.165, 1.54) is 11.1 Å². The zero-order valence-electron chi connectivity index (χ0n) is 22.4. The summed E-state index contributed by atoms with van der Waals surface area (Å²) in [6, 6.07) is 13.5. The quantitative estimate of drug-likeness (QED) is 0.237. The summed E-state index contributed by atoms with van der Waals surface area (Å²) in [6.07, 6.45) is 11.7. The van der Waals surface area contributed by atoms with Crippen molar-refractivity contribution < 1.29 is 23.5 Å². The Kier molecular flexibility index (Phi) is 10.2. The van der Waals surface area contributed by atoms with E-state index in [1.54, 1.807) is 14.2 Å². The molecule has 6 heteroatoms. The van der Waals surface area contributed by atoms with Gasteiger partial charge >= 0.3 is 0 Å². The molecule has 0 aliphatic carbocycles. The number of hydrogen-bond acceptors (Lipinski definition) is 6. The molecule has 3 rings (SSSR count). The minimum atomic E-state index is 0.503. The van der Waals surface area contributed by atoms with Crippen molar-refractivity contribution in [1.29, 1.82) is 0 Å². The second-order valence-electron chi connectivity index (χ2n) is 8.83. The molecule has 0 N–H and O–H groups in total. The van der Waals surface area contributed by atoms with Crippen molar-refractivity contribution in [1.82, 2.24) is 5.16 Å². The summed E-state index contributed by atoms with van der Waals surface area (Å²) in [4.78, 5) is 0. The molecule has 194 valence electrons. The van der Waals surface area contributed by atoms with Gasteiger partial charge in [-0.1, -0.05) is 40.6 Å². The first-order chi connectivity index (χ1) is 17.9. The maximum absolute atomic E-state index is 5.79. The Labute approximate surface area is 219 Å². The van der Waals surface area contributed by atoms with Crippen LogP contribution in [0.5, 0.6) is 23.0 Å². The fraction of sp³-hybridized carbons (Fsp3) is 0.258. The van der Waals surface area contributed by atoms with Crippen LogP contribution in [0, 0.1) is 0 Å². The Morgan fingerprint density at radius 1 is 0.676 bits per heavy atom. The van der Waals surface area contributed by atoms with Crippen LogP contribution < -0.4 is 18.9 Å². The van der Waals surface area contributed by atoms with Gasteiger partial charge in [-0.05, 0) is 87.4 Å². The first kappa shape index (κ1) is 27.4. The molecule has 0 radical (unpaired) electrons. The molecule has 0 atom stereocenters. The Morgan fingerprint density at radius 3 is 1.68 bits per heavy atom. The van der Waals surface area contributed by atoms with Crippen LogP contribution in [0.3, 0.4) is 0 Å². The number of benzene rings is 2. The van der Waals surface area contributed by atoms with Crippen molar-refractivity contribution in [2.24, 2.45) is 0 Å². The minimum absolute atomic E-state index is 0.503. The van der Waals surface area contributed by atoms with E-state index in [1.807, 2.05) is 107 Å². The molecule has 0 amide bonds. The third kappa shape index (κ3) is 8.76. The van der Waals surface area contributed by atoms with Gasteiger partial charge in [0.15, 0.2) is 28.8 Å². The van der Waals surface area contributed by atoms with E-state index in [-0.39, 0.29) is 0 Å². The van der Waals surface area contributed by atoms with E-state index in [0.717, 1.165) is 11.1 Å². The highest BCUT2D eigenvalue weighted by atomic mass is 16.5. The lowest BCUT2D eigenvalue weighted by molar-refractivity contribution is 0.325. The number of rotatable bonds is 12. The molecular weight excluding hydrogens is 466 g/mol. The number of hydrogen-bond donors (Lipinski definition) is 0. The standard InChI is InChI=1S/C31H35NO5/c1-22(2)15-17-35-28-13-9-24(19-30(28)33-5)7-11-26-21-27(37-32-26)12-8-25-10-14-29(31(20-25)34-6)36-18-16-23(3)4/h7-16,19-21H,17-18H2,1-6H3/b11-7+,12-8+. The first-order valence-corrected chi connectivity index (χ1v) is 12.1. The van der Waals surface area contributed by atoms with Crippen molar-refractivity contribution in [3.8, 4) is 23.0 Å². The molecule has 0 saturated carbocycles. The molecular formula is C31H35NO5. The zero-order chi connectivity index (χ0) is 26.6. The number of methoxy groups -OCH3 is 2. The van der Waals surface area contributed by atoms with Crippen LogP contribution in [0.2, 0.25) is 0 Å². The van der Waals surface area contributed by atoms with Crippen molar-refractivity contribution in [2.75, 3.05) is 27.4 Å². The Morgan fingerprint density at radius 2 is 1.19 bits per heavy atom. The average Bonchev–Trinajstić information content (AvgIpc) is 3.34. The Hall–Kier alpha value is -4.19. The monoisotopic (exact) mass is 501 g/mol. The third-order valence-electron chi connectivity index (χ3n) is 5.27. The molecule has 6 nitrogen and oxygen atoms in total. The van der Waals surface area contributed by atoms with Crippen LogP contribution in [0.4, 0.5) is 0 Å². The van der Waals surface area contributed by atoms with Crippen LogP contribution in [0.15, 0.2) is 70.3 Å². The summed E-state index contributed by atoms with van der Waals surface area (Å²) < 4.78 is 28.0. The van der Waals surface area contributed by atoms with E-state index in [9.17, 15) is 0 Å². The number of aromatic nitrogens is 1. The van der Waals surface area contributed by atoms with E-state index in [4.69, 9.17) is 23.5 Å². The number of ether oxygens (including phenoxy) is 4. The van der Waals surface area contributed by atoms with Crippen molar-refractivity contribution in [3.05, 3.63) is 88.3 Å². The molecule has 3 aromatic rings. The van der Waals surface area contributed by atoms with Gasteiger partial charge in [-0.15, -0.1) is 0 Å². The predicted molar refractivity (Wildman–Crippen MR) is 150 cm³/mol. The maximum atomic E-state index is 5.79. The topological polar surface area (TPSA) is 63.0 Å². The maximum Gasteiger partial charge on any atom is 0.161 e. The highest BCUT2D eigenvalue weighted by Crippen LogP contribution is 2.30. The van der Waals surface area contributed by atoms with Gasteiger partial charge in [-0.25, -0.2) is 0 Å². The summed E-state index contributed by atoms with van der Waals surface area (Å²) in [7, 11) is 3.26. The fourth-order valence-electron chi connectivity index (χ4n) is 3.23. The van der Waals surface area contributed by atoms with Gasteiger partial charge in [0, 0.05) is 6.07 Å². The van der Waals surface area contributed by atoms with E-state index in [2.05, 4.69) is 5.16 Å². The fourth-order valence-corrected chi connectivity index (χ4v) is 3.23. The predicted octanol–water partition coefficient (Wildman–Crippen LogP) is 7.72. The molecule has 0 saturated heterocycles. The molecule has 2 aromatic carbocycles. The summed E-state index contributed by atoms with van der Waals surface area (Å²) in [5.41, 5.74) is 5.04. The molecule has 0 aliphatic heterocycles. The van der Waals surface area contributed by atoms with Crippen molar-refractivity contribution in [2.45, 2.75) is 27.7 Å². The SMILES string of the molecule is COc1cc(/C=C/c2cc(/C=C/c3ccc(OCC=C(C)C)c(OC)c3)on2)ccc1OCC=C(C)C. The highest BCUT2D eigenvalue weighted by molar-refractivity contribution is 5.72. The van der Waals surface area contributed by atoms with Gasteiger partial charge in [-0.3, -0.25) is 0 Å². The van der Waals surface area contributed by atoms with E-state index >= 15 is 0 Å². The third-order valence-corrected chi connectivity index (χ3v) is 5.27. The van der Waals surface area contributed by atoms with Crippen LogP contribution >= 0.6 is 0 Å². The van der Waals surface area contributed by atoms with Crippen LogP contribution in [0.25, 0.3) is 24.3 Å². The van der Waals surface area contributed by atoms with E-state index in [0.29, 0.717) is 47.7 Å². The molecule has 1 heterocycles. The molecule has 0 spiro atoms. The van der Waals surface area contributed by atoms with Gasteiger partial charge in [0.25, 0.3) is 0 Å². The van der Waals surface area contributed by atoms with Crippen molar-refractivity contribution >= 4 is 24.3 Å². The molecule has 0 aliphatic rings. The number of nitrogens with zero attached hydrogens (tertiary/aromatic N) is 1. The van der Waals surface area contributed by atoms with E-state index < -0.39 is 0 Å². The minimum Gasteiger partial charge on any atom is -0.493 e. The molecule has 37 heavy (non-hydrogen) atoms. The Balaban J connectivity index is 1.64. The molecule has 0 bridgehead atoms. The molecule has 1 aromatic heterocycles. The Bertz CT molecular complexity index is 1190. The van der Waals surface area contributed by atoms with Gasteiger partial charge < -0.3 is 23.5 Å². The van der Waals surface area contributed by atoms with Gasteiger partial charge in [0.1, 0.15) is 18.9 Å². The number of allylic oxidation sites excluding steroid dienone is 2. The lowest BCUT2D eigenvalue weighted by Crippen LogP contribution is -1.97. The van der Waals surface area contributed by atoms with Crippen LogP contribution in [-0.2, 0) is 0 Å². The van der Waals surface area contributed by atoms with Gasteiger partial charge in [0.2, 0.25) is 0 Å². The summed E-state index contributed by atoms with van der Waals surface area (Å²) in [6.45, 7) is 9.16. The lowest BCUT2D eigenvalue weighted by atomic mass is 10.1. The second-order valence-corrected chi connectivity index (χ2v) is 8.83. The van der Waals surface area contributed by atoms with Crippen LogP contribution in [0.1, 0.15) is 50.3 Å². The summed E-state index contributed by atoms with van der Waals surface area (Å²) in [5.74, 6) is 3.40.